The zero-order valence-corrected chi connectivity index (χ0v) is 8.92. The quantitative estimate of drug-likeness (QED) is 0.378. The summed E-state index contributed by atoms with van der Waals surface area (Å²) in [5, 5.41) is 27.8. The molecule has 1 amide bonds. The predicted octanol–water partition coefficient (Wildman–Crippen LogP) is -0.765. The van der Waals surface area contributed by atoms with Gasteiger partial charge in [-0.1, -0.05) is 6.07 Å². The van der Waals surface area contributed by atoms with Crippen LogP contribution in [-0.2, 0) is 10.2 Å². The summed E-state index contributed by atoms with van der Waals surface area (Å²) in [6.45, 7) is 0. The smallest absolute Gasteiger partial charge is 0.376 e. The maximum Gasteiger partial charge on any atom is 0.376 e. The Morgan fingerprint density at radius 1 is 1.29 bits per heavy atom. The van der Waals surface area contributed by atoms with Gasteiger partial charge in [-0.15, -0.1) is 0 Å². The van der Waals surface area contributed by atoms with Crippen LogP contribution in [0, 0.1) is 0 Å². The lowest BCUT2D eigenvalue weighted by molar-refractivity contribution is -0.306. The Bertz CT molecular complexity index is 517. The normalized spacial score (nSPS) is 20.9. The van der Waals surface area contributed by atoms with Crippen molar-refractivity contribution in [2.45, 2.75) is 24.4 Å². The number of fused-ring (bicyclic) bond motifs is 2. The van der Waals surface area contributed by atoms with Crippen LogP contribution in [-0.4, -0.2) is 27.3 Å². The van der Waals surface area contributed by atoms with E-state index in [1.165, 1.54) is 6.07 Å². The number of hydrogen-bond donors (Lipinski definition) is 4. The summed E-state index contributed by atoms with van der Waals surface area (Å²) < 4.78 is 0. The first-order valence-electron chi connectivity index (χ1n) is 5.28. The highest BCUT2D eigenvalue weighted by molar-refractivity contribution is 6.10. The second-order valence-electron chi connectivity index (χ2n) is 4.60. The molecule has 6 nitrogen and oxygen atoms in total. The molecule has 17 heavy (non-hydrogen) atoms. The van der Waals surface area contributed by atoms with Crippen LogP contribution < -0.4 is 10.6 Å². The van der Waals surface area contributed by atoms with E-state index >= 15 is 0 Å². The zero-order valence-electron chi connectivity index (χ0n) is 8.92. The molecule has 0 bridgehead atoms. The van der Waals surface area contributed by atoms with Crippen LogP contribution in [0.25, 0.3) is 0 Å². The summed E-state index contributed by atoms with van der Waals surface area (Å²) in [4.78, 5) is 12.7. The summed E-state index contributed by atoms with van der Waals surface area (Å²) in [7, 11) is 0. The van der Waals surface area contributed by atoms with Crippen molar-refractivity contribution in [2.24, 2.45) is 0 Å². The molecule has 90 valence electrons. The van der Waals surface area contributed by atoms with E-state index in [9.17, 15) is 20.1 Å². The minimum Gasteiger partial charge on any atom is -0.399 e. The minimum absolute atomic E-state index is 0.264. The Morgan fingerprint density at radius 2 is 1.94 bits per heavy atom. The van der Waals surface area contributed by atoms with Gasteiger partial charge in [-0.3, -0.25) is 4.79 Å². The van der Waals surface area contributed by atoms with Crippen molar-refractivity contribution in [1.82, 2.24) is 0 Å². The van der Waals surface area contributed by atoms with E-state index in [4.69, 9.17) is 5.73 Å². The van der Waals surface area contributed by atoms with E-state index < -0.39 is 17.4 Å². The number of benzene rings is 1. The molecule has 0 saturated heterocycles. The second kappa shape index (κ2) is 2.79. The van der Waals surface area contributed by atoms with E-state index in [1.807, 2.05) is 0 Å². The molecular weight excluding hydrogens is 224 g/mol. The van der Waals surface area contributed by atoms with Crippen LogP contribution in [0.15, 0.2) is 18.2 Å². The zero-order chi connectivity index (χ0) is 12.4. The van der Waals surface area contributed by atoms with Crippen molar-refractivity contribution in [2.75, 3.05) is 10.6 Å². The summed E-state index contributed by atoms with van der Waals surface area (Å²) in [6.07, 6.45) is -1.89. The topological polar surface area (TPSA) is 107 Å². The van der Waals surface area contributed by atoms with Gasteiger partial charge in [-0.2, -0.15) is 0 Å². The molecular formula is C11H12N2O4. The van der Waals surface area contributed by atoms with Crippen LogP contribution in [0.2, 0.25) is 0 Å². The Hall–Kier alpha value is -1.63. The van der Waals surface area contributed by atoms with Crippen molar-refractivity contribution in [3.8, 4) is 0 Å². The van der Waals surface area contributed by atoms with Crippen molar-refractivity contribution in [3.05, 3.63) is 23.8 Å². The summed E-state index contributed by atoms with van der Waals surface area (Å²) in [5.41, 5.74) is 6.26. The molecule has 1 heterocycles. The number of nitrogen functional groups attached to an aromatic ring is 1. The number of amides is 1. The fourth-order valence-electron chi connectivity index (χ4n) is 2.48. The van der Waals surface area contributed by atoms with Crippen molar-refractivity contribution in [1.29, 1.82) is 0 Å². The van der Waals surface area contributed by atoms with Crippen molar-refractivity contribution in [3.63, 3.8) is 0 Å². The number of anilines is 2. The van der Waals surface area contributed by atoms with Gasteiger partial charge in [-0.25, -0.2) is 4.90 Å². The highest BCUT2D eigenvalue weighted by Gasteiger charge is 2.62. The Balaban J connectivity index is 2.22. The first-order chi connectivity index (χ1) is 7.86. The lowest BCUT2D eigenvalue weighted by Gasteiger charge is -2.26. The average Bonchev–Trinajstić information content (AvgIpc) is 2.92. The van der Waals surface area contributed by atoms with E-state index in [-0.39, 0.29) is 5.69 Å². The number of rotatable bonds is 1. The standard InChI is InChI=1S/C11H12N2O4/c12-6-1-2-7-8(5-6)13(11(15,16)17)9(14)10(7)3-4-10/h1-2,5,15-17H,3-4,12H2. The summed E-state index contributed by atoms with van der Waals surface area (Å²) in [5.74, 6) is -0.495. The largest absolute Gasteiger partial charge is 0.399 e. The van der Waals surface area contributed by atoms with Gasteiger partial charge in [-0.05, 0) is 30.5 Å². The molecule has 0 atom stereocenters. The molecule has 6 heteroatoms. The molecule has 1 aliphatic heterocycles. The Morgan fingerprint density at radius 3 is 2.47 bits per heavy atom. The molecule has 0 radical (unpaired) electrons. The van der Waals surface area contributed by atoms with Crippen LogP contribution in [0.4, 0.5) is 11.4 Å². The van der Waals surface area contributed by atoms with E-state index in [1.54, 1.807) is 12.1 Å². The van der Waals surface area contributed by atoms with Gasteiger partial charge in [0.2, 0.25) is 5.91 Å². The molecule has 1 saturated carbocycles. The molecule has 1 spiro atoms. The Labute approximate surface area is 96.9 Å². The fourth-order valence-corrected chi connectivity index (χ4v) is 2.48. The van der Waals surface area contributed by atoms with Gasteiger partial charge in [0.05, 0.1) is 11.1 Å². The van der Waals surface area contributed by atoms with Crippen LogP contribution in [0.5, 0.6) is 0 Å². The third kappa shape index (κ3) is 1.22. The van der Waals surface area contributed by atoms with Gasteiger partial charge < -0.3 is 21.1 Å². The molecule has 1 aliphatic carbocycles. The molecule has 2 aliphatic rings. The third-order valence-corrected chi connectivity index (χ3v) is 3.44. The number of hydrogen-bond acceptors (Lipinski definition) is 5. The average molecular weight is 236 g/mol. The molecule has 0 unspecified atom stereocenters. The molecule has 3 rings (SSSR count). The number of nitrogens with zero attached hydrogens (tertiary/aromatic N) is 1. The first-order valence-corrected chi connectivity index (χ1v) is 5.28. The third-order valence-electron chi connectivity index (χ3n) is 3.44. The van der Waals surface area contributed by atoms with Crippen LogP contribution in [0.3, 0.4) is 0 Å². The van der Waals surface area contributed by atoms with E-state index in [0.717, 1.165) is 0 Å². The summed E-state index contributed by atoms with van der Waals surface area (Å²) >= 11 is 0. The highest BCUT2D eigenvalue weighted by Crippen LogP contribution is 2.58. The molecule has 1 aromatic rings. The number of aliphatic hydroxyl groups is 3. The molecule has 0 aromatic heterocycles. The van der Waals surface area contributed by atoms with Gasteiger partial charge in [0.15, 0.2) is 0 Å². The number of nitrogens with two attached hydrogens (primary N) is 1. The Kier molecular flexibility index (Phi) is 1.72. The minimum atomic E-state index is -3.19. The molecule has 5 N–H and O–H groups in total. The summed E-state index contributed by atoms with van der Waals surface area (Å²) in [6, 6.07) is 4.81. The van der Waals surface area contributed by atoms with E-state index in [2.05, 4.69) is 0 Å². The van der Waals surface area contributed by atoms with Crippen LogP contribution >= 0.6 is 0 Å². The van der Waals surface area contributed by atoms with Gasteiger partial charge >= 0.3 is 6.10 Å². The van der Waals surface area contributed by atoms with Crippen molar-refractivity contribution >= 4 is 17.3 Å². The lowest BCUT2D eigenvalue weighted by Crippen LogP contribution is -2.52. The van der Waals surface area contributed by atoms with Gasteiger partial charge in [0, 0.05) is 5.69 Å². The van der Waals surface area contributed by atoms with Crippen molar-refractivity contribution < 1.29 is 20.1 Å². The lowest BCUT2D eigenvalue weighted by atomic mass is 9.98. The number of carbonyl (C=O) groups is 1. The maximum absolute atomic E-state index is 12.1. The SMILES string of the molecule is Nc1ccc2c(c1)N(C(O)(O)O)C(=O)C21CC1. The van der Waals surface area contributed by atoms with Gasteiger partial charge in [0.25, 0.3) is 0 Å². The predicted molar refractivity (Wildman–Crippen MR) is 58.6 cm³/mol. The monoisotopic (exact) mass is 236 g/mol. The second-order valence-corrected chi connectivity index (χ2v) is 4.60. The highest BCUT2D eigenvalue weighted by atomic mass is 16.7. The maximum atomic E-state index is 12.1. The van der Waals surface area contributed by atoms with Crippen LogP contribution in [0.1, 0.15) is 18.4 Å². The van der Waals surface area contributed by atoms with Gasteiger partial charge in [0.1, 0.15) is 0 Å². The first kappa shape index (κ1) is 10.5. The number of carbonyl (C=O) groups excluding carboxylic acids is 1. The fraction of sp³-hybridized carbons (Fsp3) is 0.364. The molecule has 1 fully saturated rings. The molecule has 1 aromatic carbocycles. The van der Waals surface area contributed by atoms with E-state index in [0.29, 0.717) is 29.0 Å².